The van der Waals surface area contributed by atoms with Gasteiger partial charge in [0.15, 0.2) is 11.5 Å². The molecule has 0 aliphatic carbocycles. The van der Waals surface area contributed by atoms with E-state index in [0.29, 0.717) is 47.8 Å². The molecule has 0 unspecified atom stereocenters. The molecule has 0 saturated carbocycles. The van der Waals surface area contributed by atoms with Crippen LogP contribution in [0, 0.1) is 0 Å². The number of benzene rings is 2. The van der Waals surface area contributed by atoms with E-state index in [9.17, 15) is 0 Å². The van der Waals surface area contributed by atoms with Crippen molar-refractivity contribution in [3.8, 4) is 11.5 Å². The van der Waals surface area contributed by atoms with Gasteiger partial charge in [0.25, 0.3) is 0 Å². The molecule has 8 heteroatoms. The van der Waals surface area contributed by atoms with Crippen LogP contribution in [0.25, 0.3) is 0 Å². The zero-order valence-corrected chi connectivity index (χ0v) is 18.1. The Hall–Kier alpha value is -0.690. The summed E-state index contributed by atoms with van der Waals surface area (Å²) < 4.78 is 12.5. The van der Waals surface area contributed by atoms with Gasteiger partial charge < -0.3 is 32.3 Å². The summed E-state index contributed by atoms with van der Waals surface area (Å²) in [6.45, 7) is 4.01. The highest BCUT2D eigenvalue weighted by molar-refractivity contribution is 9.10. The molecule has 0 aliphatic rings. The second kappa shape index (κ2) is 11.9. The number of rotatable bonds is 9. The van der Waals surface area contributed by atoms with Crippen molar-refractivity contribution >= 4 is 39.1 Å². The van der Waals surface area contributed by atoms with E-state index in [1.54, 1.807) is 12.1 Å². The molecule has 0 spiro atoms. The molecule has 2 aromatic rings. The maximum absolute atomic E-state index is 8.86. The van der Waals surface area contributed by atoms with E-state index in [4.69, 9.17) is 37.8 Å². The Bertz CT molecular complexity index is 716. The van der Waals surface area contributed by atoms with Gasteiger partial charge in [-0.3, -0.25) is 0 Å². The molecule has 0 atom stereocenters. The number of hydrogen-bond donors (Lipinski definition) is 2. The Morgan fingerprint density at radius 2 is 1.92 bits per heavy atom. The third-order valence-electron chi connectivity index (χ3n) is 3.37. The average Bonchev–Trinajstić information content (AvgIpc) is 2.56. The minimum atomic E-state index is 0. The predicted molar refractivity (Wildman–Crippen MR) is 105 cm³/mol. The summed E-state index contributed by atoms with van der Waals surface area (Å²) in [5.41, 5.74) is 1.87. The Labute approximate surface area is 178 Å². The van der Waals surface area contributed by atoms with E-state index >= 15 is 0 Å². The molecule has 0 aromatic heterocycles. The molecular formula is C18H20BrCl3NO3-. The molecule has 2 N–H and O–H groups in total. The van der Waals surface area contributed by atoms with Gasteiger partial charge >= 0.3 is 0 Å². The second-order valence-electron chi connectivity index (χ2n) is 5.26. The molecule has 0 bridgehead atoms. The molecule has 0 fully saturated rings. The van der Waals surface area contributed by atoms with Crippen LogP contribution in [0.5, 0.6) is 11.5 Å². The third kappa shape index (κ3) is 6.80. The Kier molecular flexibility index (Phi) is 10.7. The minimum absolute atomic E-state index is 0. The number of aliphatic hydroxyl groups excluding tert-OH is 1. The van der Waals surface area contributed by atoms with Crippen molar-refractivity contribution in [3.05, 3.63) is 56.0 Å². The zero-order chi connectivity index (χ0) is 18.2. The third-order valence-corrected chi connectivity index (χ3v) is 4.55. The van der Waals surface area contributed by atoms with Crippen molar-refractivity contribution in [2.24, 2.45) is 0 Å². The van der Waals surface area contributed by atoms with Crippen molar-refractivity contribution in [2.45, 2.75) is 20.1 Å². The van der Waals surface area contributed by atoms with Gasteiger partial charge in [-0.1, -0.05) is 29.3 Å². The molecule has 0 heterocycles. The lowest BCUT2D eigenvalue weighted by Gasteiger charge is -2.16. The van der Waals surface area contributed by atoms with Crippen LogP contribution in [0.4, 0.5) is 0 Å². The second-order valence-corrected chi connectivity index (χ2v) is 6.96. The first kappa shape index (κ1) is 23.3. The van der Waals surface area contributed by atoms with Gasteiger partial charge in [-0.15, -0.1) is 0 Å². The molecule has 4 nitrogen and oxygen atoms in total. The Morgan fingerprint density at radius 3 is 2.58 bits per heavy atom. The topological polar surface area (TPSA) is 50.7 Å². The smallest absolute Gasteiger partial charge is 0.175 e. The lowest BCUT2D eigenvalue weighted by Crippen LogP contribution is -3.00. The SMILES string of the molecule is CCOc1cc(CNCCO)cc(Br)c1OCc1ccc(Cl)cc1Cl.[Cl-]. The number of aliphatic hydroxyl groups is 1. The molecule has 0 radical (unpaired) electrons. The first-order chi connectivity index (χ1) is 12.0. The summed E-state index contributed by atoms with van der Waals surface area (Å²) in [5, 5.41) is 13.2. The van der Waals surface area contributed by atoms with Crippen LogP contribution in [-0.4, -0.2) is 24.9 Å². The molecule has 2 rings (SSSR count). The predicted octanol–water partition coefficient (Wildman–Crippen LogP) is 1.82. The molecule has 0 aliphatic heterocycles. The molecule has 0 saturated heterocycles. The van der Waals surface area contributed by atoms with Gasteiger partial charge in [0.2, 0.25) is 0 Å². The number of halogens is 4. The summed E-state index contributed by atoms with van der Waals surface area (Å²) in [4.78, 5) is 0. The number of hydrogen-bond acceptors (Lipinski definition) is 4. The summed E-state index contributed by atoms with van der Waals surface area (Å²) in [6, 6.07) is 9.20. The number of nitrogens with one attached hydrogen (secondary N) is 1. The maximum Gasteiger partial charge on any atom is 0.175 e. The van der Waals surface area contributed by atoms with Crippen LogP contribution < -0.4 is 27.2 Å². The summed E-state index contributed by atoms with van der Waals surface area (Å²) in [7, 11) is 0. The Balaban J connectivity index is 0.00000338. The fraction of sp³-hybridized carbons (Fsp3) is 0.333. The molecule has 0 amide bonds. The van der Waals surface area contributed by atoms with E-state index in [1.165, 1.54) is 0 Å². The number of ether oxygens (including phenoxy) is 2. The first-order valence-electron chi connectivity index (χ1n) is 7.88. The van der Waals surface area contributed by atoms with Crippen LogP contribution in [0.15, 0.2) is 34.8 Å². The van der Waals surface area contributed by atoms with Crippen molar-refractivity contribution < 1.29 is 27.0 Å². The van der Waals surface area contributed by atoms with E-state index in [0.717, 1.165) is 15.6 Å². The summed E-state index contributed by atoms with van der Waals surface area (Å²) in [5.74, 6) is 1.28. The van der Waals surface area contributed by atoms with Crippen molar-refractivity contribution in [3.63, 3.8) is 0 Å². The standard InChI is InChI=1S/C18H20BrCl2NO3.ClH/c1-2-24-17-8-12(10-22-5-6-23)7-15(19)18(17)25-11-13-3-4-14(20)9-16(13)21;/h3-4,7-9,22-23H,2,5-6,10-11H2,1H3;1H/p-1. The van der Waals surface area contributed by atoms with Crippen molar-refractivity contribution in [1.82, 2.24) is 5.32 Å². The average molecular weight is 485 g/mol. The van der Waals surface area contributed by atoms with Crippen molar-refractivity contribution in [1.29, 1.82) is 0 Å². The zero-order valence-electron chi connectivity index (χ0n) is 14.2. The van der Waals surface area contributed by atoms with E-state index in [1.807, 2.05) is 25.1 Å². The van der Waals surface area contributed by atoms with E-state index < -0.39 is 0 Å². The first-order valence-corrected chi connectivity index (χ1v) is 9.43. The van der Waals surface area contributed by atoms with Crippen LogP contribution in [0.1, 0.15) is 18.1 Å². The minimum Gasteiger partial charge on any atom is -1.00 e. The molecule has 2 aromatic carbocycles. The van der Waals surface area contributed by atoms with Gasteiger partial charge in [0.1, 0.15) is 6.61 Å². The van der Waals surface area contributed by atoms with E-state index in [-0.39, 0.29) is 19.0 Å². The van der Waals surface area contributed by atoms with Gasteiger partial charge in [-0.05, 0) is 52.7 Å². The quantitative estimate of drug-likeness (QED) is 0.534. The highest BCUT2D eigenvalue weighted by Crippen LogP contribution is 2.38. The van der Waals surface area contributed by atoms with Gasteiger partial charge in [0, 0.05) is 28.7 Å². The molecular weight excluding hydrogens is 464 g/mol. The van der Waals surface area contributed by atoms with Crippen LogP contribution in [-0.2, 0) is 13.2 Å². The fourth-order valence-corrected chi connectivity index (χ4v) is 3.29. The van der Waals surface area contributed by atoms with E-state index in [2.05, 4.69) is 21.2 Å². The summed E-state index contributed by atoms with van der Waals surface area (Å²) >= 11 is 15.7. The lowest BCUT2D eigenvalue weighted by atomic mass is 10.2. The maximum atomic E-state index is 8.86. The summed E-state index contributed by atoms with van der Waals surface area (Å²) in [6.07, 6.45) is 0. The highest BCUT2D eigenvalue weighted by Gasteiger charge is 2.13. The van der Waals surface area contributed by atoms with Crippen LogP contribution in [0.2, 0.25) is 10.0 Å². The normalized spacial score (nSPS) is 10.3. The van der Waals surface area contributed by atoms with Gasteiger partial charge in [-0.2, -0.15) is 0 Å². The fourth-order valence-electron chi connectivity index (χ4n) is 2.23. The van der Waals surface area contributed by atoms with Gasteiger partial charge in [0.05, 0.1) is 17.7 Å². The molecule has 26 heavy (non-hydrogen) atoms. The molecule has 144 valence electrons. The van der Waals surface area contributed by atoms with Crippen molar-refractivity contribution in [2.75, 3.05) is 19.8 Å². The van der Waals surface area contributed by atoms with Gasteiger partial charge in [-0.25, -0.2) is 0 Å². The van der Waals surface area contributed by atoms with Crippen LogP contribution >= 0.6 is 39.1 Å². The highest BCUT2D eigenvalue weighted by atomic mass is 79.9. The lowest BCUT2D eigenvalue weighted by molar-refractivity contribution is -0.00000666. The Morgan fingerprint density at radius 1 is 1.15 bits per heavy atom. The largest absolute Gasteiger partial charge is 1.00 e. The monoisotopic (exact) mass is 482 g/mol. The van der Waals surface area contributed by atoms with Crippen LogP contribution in [0.3, 0.4) is 0 Å².